The molecule has 0 aliphatic heterocycles. The largest absolute Gasteiger partial charge is 0.339 e. The van der Waals surface area contributed by atoms with Gasteiger partial charge in [0.2, 0.25) is 4.77 Å². The van der Waals surface area contributed by atoms with Gasteiger partial charge in [0.1, 0.15) is 17.6 Å². The Bertz CT molecular complexity index is 1030. The van der Waals surface area contributed by atoms with E-state index >= 15 is 0 Å². The average molecular weight is 340 g/mol. The Hall–Kier alpha value is -3.05. The molecule has 8 heteroatoms. The average Bonchev–Trinajstić information content (AvgIpc) is 3.07. The third-order valence-electron chi connectivity index (χ3n) is 3.73. The van der Waals surface area contributed by atoms with Crippen LogP contribution >= 0.6 is 12.2 Å². The van der Waals surface area contributed by atoms with Crippen molar-refractivity contribution >= 4 is 18.4 Å². The molecule has 0 aliphatic rings. The summed E-state index contributed by atoms with van der Waals surface area (Å²) in [6.07, 6.45) is 1.60. The lowest BCUT2D eigenvalue weighted by Crippen LogP contribution is -1.97. The summed E-state index contributed by atoms with van der Waals surface area (Å²) in [5, 5.41) is 20.2. The molecule has 1 N–H and O–H groups in total. The number of nitriles is 1. The van der Waals surface area contributed by atoms with Crippen LogP contribution in [0.1, 0.15) is 17.0 Å². The van der Waals surface area contributed by atoms with E-state index < -0.39 is 0 Å². The van der Waals surface area contributed by atoms with E-state index in [2.05, 4.69) is 21.4 Å². The van der Waals surface area contributed by atoms with Gasteiger partial charge < -0.3 is 4.57 Å². The van der Waals surface area contributed by atoms with Crippen molar-refractivity contribution in [3.05, 3.63) is 57.9 Å². The van der Waals surface area contributed by atoms with Gasteiger partial charge in [-0.2, -0.15) is 20.1 Å². The maximum Gasteiger partial charge on any atom is 0.216 e. The topological polar surface area (TPSA) is 74.7 Å². The first-order valence-corrected chi connectivity index (χ1v) is 7.46. The van der Waals surface area contributed by atoms with Gasteiger partial charge in [-0.3, -0.25) is 0 Å². The van der Waals surface area contributed by atoms with Gasteiger partial charge >= 0.3 is 0 Å². The molecule has 0 aliphatic carbocycles. The number of nitrogens with zero attached hydrogens (tertiary/aromatic N) is 5. The number of hydrogen-bond acceptors (Lipinski definition) is 4. The lowest BCUT2D eigenvalue weighted by molar-refractivity contribution is 0.628. The van der Waals surface area contributed by atoms with Gasteiger partial charge in [-0.05, 0) is 37.3 Å². The van der Waals surface area contributed by atoms with Gasteiger partial charge in [0.05, 0.1) is 6.21 Å². The number of aromatic amines is 1. The Kier molecular flexibility index (Phi) is 4.10. The number of halogens is 1. The summed E-state index contributed by atoms with van der Waals surface area (Å²) < 4.78 is 16.9. The van der Waals surface area contributed by atoms with E-state index in [0.717, 1.165) is 11.3 Å². The standard InChI is InChI=1S/C16H13FN6S/c1-10-12(7-14(8-18)22(10)2)9-19-23-15(20-21-16(23)24)11-4-3-5-13(17)6-11/h3-7,9H,1-2H3,(H,21,24)/b19-9-. The number of aromatic nitrogens is 4. The molecule has 1 aromatic carbocycles. The normalized spacial score (nSPS) is 11.1. The molecular formula is C16H13FN6S. The molecule has 24 heavy (non-hydrogen) atoms. The number of benzene rings is 1. The molecule has 2 heterocycles. The van der Waals surface area contributed by atoms with Crippen LogP contribution in [0.5, 0.6) is 0 Å². The SMILES string of the molecule is Cc1c(/C=N\n2c(-c3cccc(F)c3)n[nH]c2=S)cc(C#N)n1C. The van der Waals surface area contributed by atoms with Gasteiger partial charge in [0, 0.05) is 23.9 Å². The molecule has 0 saturated carbocycles. The minimum Gasteiger partial charge on any atom is -0.339 e. The number of rotatable bonds is 3. The Balaban J connectivity index is 2.04. The second-order valence-electron chi connectivity index (χ2n) is 5.16. The molecule has 0 amide bonds. The summed E-state index contributed by atoms with van der Waals surface area (Å²) in [6.45, 7) is 1.89. The Labute approximate surface area is 142 Å². The highest BCUT2D eigenvalue weighted by Gasteiger charge is 2.10. The summed E-state index contributed by atoms with van der Waals surface area (Å²) in [4.78, 5) is 0. The lowest BCUT2D eigenvalue weighted by Gasteiger charge is -2.01. The van der Waals surface area contributed by atoms with Gasteiger partial charge in [-0.1, -0.05) is 12.1 Å². The monoisotopic (exact) mass is 340 g/mol. The quantitative estimate of drug-likeness (QED) is 0.588. The molecular weight excluding hydrogens is 327 g/mol. The van der Waals surface area contributed by atoms with Crippen molar-refractivity contribution in [1.82, 2.24) is 19.4 Å². The summed E-state index contributed by atoms with van der Waals surface area (Å²) in [5.74, 6) is 0.0411. The van der Waals surface area contributed by atoms with Crippen molar-refractivity contribution in [1.29, 1.82) is 5.26 Å². The first kappa shape index (κ1) is 15.8. The minimum absolute atomic E-state index is 0.291. The van der Waals surface area contributed by atoms with Crippen molar-refractivity contribution in [2.75, 3.05) is 0 Å². The maximum atomic E-state index is 13.4. The van der Waals surface area contributed by atoms with E-state index in [0.29, 0.717) is 21.9 Å². The fraction of sp³-hybridized carbons (Fsp3) is 0.125. The van der Waals surface area contributed by atoms with Crippen LogP contribution in [-0.4, -0.2) is 25.7 Å². The summed E-state index contributed by atoms with van der Waals surface area (Å²) >= 11 is 5.19. The Morgan fingerprint density at radius 3 is 2.88 bits per heavy atom. The van der Waals surface area contributed by atoms with E-state index in [1.807, 2.05) is 14.0 Å². The molecule has 0 saturated heterocycles. The van der Waals surface area contributed by atoms with E-state index in [-0.39, 0.29) is 5.82 Å². The molecule has 0 bridgehead atoms. The van der Waals surface area contributed by atoms with Crippen LogP contribution in [0, 0.1) is 28.8 Å². The molecule has 0 spiro atoms. The second kappa shape index (κ2) is 6.22. The Morgan fingerprint density at radius 1 is 1.42 bits per heavy atom. The summed E-state index contributed by atoms with van der Waals surface area (Å²) in [5.41, 5.74) is 2.79. The van der Waals surface area contributed by atoms with Gasteiger partial charge in [0.15, 0.2) is 5.82 Å². The van der Waals surface area contributed by atoms with Crippen LogP contribution in [-0.2, 0) is 7.05 Å². The number of hydrogen-bond donors (Lipinski definition) is 1. The van der Waals surface area contributed by atoms with Crippen molar-refractivity contribution < 1.29 is 4.39 Å². The summed E-state index contributed by atoms with van der Waals surface area (Å²) in [6, 6.07) is 9.89. The van der Waals surface area contributed by atoms with Crippen LogP contribution in [0.3, 0.4) is 0 Å². The van der Waals surface area contributed by atoms with Crippen LogP contribution in [0.15, 0.2) is 35.4 Å². The van der Waals surface area contributed by atoms with Crippen molar-refractivity contribution in [2.24, 2.45) is 12.1 Å². The second-order valence-corrected chi connectivity index (χ2v) is 5.55. The molecule has 0 unspecified atom stereocenters. The van der Waals surface area contributed by atoms with E-state index in [1.165, 1.54) is 16.8 Å². The Morgan fingerprint density at radius 2 is 2.21 bits per heavy atom. The highest BCUT2D eigenvalue weighted by atomic mass is 32.1. The maximum absolute atomic E-state index is 13.4. The molecule has 0 radical (unpaired) electrons. The minimum atomic E-state index is -0.366. The van der Waals surface area contributed by atoms with Crippen molar-refractivity contribution in [3.63, 3.8) is 0 Å². The molecule has 2 aromatic heterocycles. The zero-order valence-electron chi connectivity index (χ0n) is 13.0. The highest BCUT2D eigenvalue weighted by molar-refractivity contribution is 7.71. The fourth-order valence-electron chi connectivity index (χ4n) is 2.29. The molecule has 3 rings (SSSR count). The van der Waals surface area contributed by atoms with Crippen LogP contribution in [0.4, 0.5) is 4.39 Å². The third kappa shape index (κ3) is 2.77. The zero-order chi connectivity index (χ0) is 17.3. The van der Waals surface area contributed by atoms with Gasteiger partial charge in [-0.15, -0.1) is 0 Å². The highest BCUT2D eigenvalue weighted by Crippen LogP contribution is 2.18. The first-order valence-electron chi connectivity index (χ1n) is 7.05. The van der Waals surface area contributed by atoms with E-state index in [9.17, 15) is 4.39 Å². The summed E-state index contributed by atoms with van der Waals surface area (Å²) in [7, 11) is 1.81. The molecule has 120 valence electrons. The molecule has 0 fully saturated rings. The first-order chi connectivity index (χ1) is 11.5. The number of nitrogens with one attached hydrogen (secondary N) is 1. The number of H-pyrrole nitrogens is 1. The third-order valence-corrected chi connectivity index (χ3v) is 4.00. The van der Waals surface area contributed by atoms with E-state index in [1.54, 1.807) is 29.0 Å². The zero-order valence-corrected chi connectivity index (χ0v) is 13.8. The van der Waals surface area contributed by atoms with E-state index in [4.69, 9.17) is 17.5 Å². The van der Waals surface area contributed by atoms with Gasteiger partial charge in [0.25, 0.3) is 0 Å². The van der Waals surface area contributed by atoms with Crippen LogP contribution in [0.25, 0.3) is 11.4 Å². The predicted molar refractivity (Wildman–Crippen MR) is 90.7 cm³/mol. The van der Waals surface area contributed by atoms with Crippen LogP contribution < -0.4 is 0 Å². The predicted octanol–water partition coefficient (Wildman–Crippen LogP) is 3.15. The van der Waals surface area contributed by atoms with Crippen molar-refractivity contribution in [3.8, 4) is 17.5 Å². The van der Waals surface area contributed by atoms with Crippen LogP contribution in [0.2, 0.25) is 0 Å². The lowest BCUT2D eigenvalue weighted by atomic mass is 10.2. The fourth-order valence-corrected chi connectivity index (χ4v) is 2.47. The molecule has 0 atom stereocenters. The molecule has 3 aromatic rings. The van der Waals surface area contributed by atoms with Crippen molar-refractivity contribution in [2.45, 2.75) is 6.92 Å². The smallest absolute Gasteiger partial charge is 0.216 e. The molecule has 6 nitrogen and oxygen atoms in total. The van der Waals surface area contributed by atoms with Gasteiger partial charge in [-0.25, -0.2) is 9.49 Å².